The molecule has 1 aliphatic rings. The lowest BCUT2D eigenvalue weighted by Gasteiger charge is -2.26. The van der Waals surface area contributed by atoms with Crippen LogP contribution in [0.5, 0.6) is 0 Å². The Balaban J connectivity index is 2.31. The first-order chi connectivity index (χ1) is 9.76. The molecule has 1 aromatic heterocycles. The van der Waals surface area contributed by atoms with Crippen molar-refractivity contribution in [3.05, 3.63) is 16.7 Å². The van der Waals surface area contributed by atoms with Gasteiger partial charge in [0.25, 0.3) is 0 Å². The molecule has 21 heavy (non-hydrogen) atoms. The molecule has 118 valence electrons. The predicted octanol–water partition coefficient (Wildman–Crippen LogP) is 3.13. The highest BCUT2D eigenvalue weighted by Crippen LogP contribution is 2.40. The molecule has 0 aromatic carbocycles. The van der Waals surface area contributed by atoms with Crippen LogP contribution in [-0.4, -0.2) is 25.5 Å². The molecule has 0 saturated heterocycles. The molecule has 7 heteroatoms. The zero-order chi connectivity index (χ0) is 15.7. The van der Waals surface area contributed by atoms with Crippen LogP contribution in [0.2, 0.25) is 0 Å². The molecule has 2 N–H and O–H groups in total. The van der Waals surface area contributed by atoms with Crippen molar-refractivity contribution in [3.8, 4) is 0 Å². The number of aromatic nitrogens is 1. The number of hydrogen-bond acceptors (Lipinski definition) is 4. The summed E-state index contributed by atoms with van der Waals surface area (Å²) < 4.78 is 28.9. The van der Waals surface area contributed by atoms with Gasteiger partial charge in [0.2, 0.25) is 10.0 Å². The summed E-state index contributed by atoms with van der Waals surface area (Å²) in [5.41, 5.74) is -0.427. The van der Waals surface area contributed by atoms with Crippen molar-refractivity contribution in [2.24, 2.45) is 5.92 Å². The number of pyridine rings is 1. The summed E-state index contributed by atoms with van der Waals surface area (Å²) in [7, 11) is -3.61. The minimum absolute atomic E-state index is 0.194. The normalized spacial score (nSPS) is 16.0. The van der Waals surface area contributed by atoms with Gasteiger partial charge in [-0.2, -0.15) is 0 Å². The lowest BCUT2D eigenvalue weighted by Crippen LogP contribution is -2.45. The number of hydrogen-bond donors (Lipinski definition) is 2. The van der Waals surface area contributed by atoms with Crippen LogP contribution >= 0.6 is 15.9 Å². The van der Waals surface area contributed by atoms with Gasteiger partial charge in [-0.15, -0.1) is 0 Å². The Hall–Kier alpha value is -0.660. The lowest BCUT2D eigenvalue weighted by atomic mass is 10.0. The molecule has 1 heterocycles. The topological polar surface area (TPSA) is 71.1 Å². The Kier molecular flexibility index (Phi) is 4.95. The average Bonchev–Trinajstić information content (AvgIpc) is 3.20. The summed E-state index contributed by atoms with van der Waals surface area (Å²) in [6.07, 6.45) is 4.65. The first-order valence-corrected chi connectivity index (χ1v) is 9.47. The predicted molar refractivity (Wildman–Crippen MR) is 87.8 cm³/mol. The van der Waals surface area contributed by atoms with E-state index in [0.29, 0.717) is 22.8 Å². The fraction of sp³-hybridized carbons (Fsp3) is 0.643. The Labute approximate surface area is 135 Å². The van der Waals surface area contributed by atoms with Crippen molar-refractivity contribution < 1.29 is 8.42 Å². The summed E-state index contributed by atoms with van der Waals surface area (Å²) in [5, 5.41) is 3.08. The third-order valence-corrected chi connectivity index (χ3v) is 5.77. The Morgan fingerprint density at radius 2 is 2.10 bits per heavy atom. The molecule has 0 bridgehead atoms. The quantitative estimate of drug-likeness (QED) is 0.767. The Bertz CT molecular complexity index is 613. The highest BCUT2D eigenvalue weighted by Gasteiger charge is 2.41. The van der Waals surface area contributed by atoms with Crippen LogP contribution in [0.4, 0.5) is 5.82 Å². The van der Waals surface area contributed by atoms with Crippen LogP contribution < -0.4 is 10.0 Å². The minimum Gasteiger partial charge on any atom is -0.369 e. The largest absolute Gasteiger partial charge is 0.369 e. The number of anilines is 1. The van der Waals surface area contributed by atoms with Crippen LogP contribution in [0.25, 0.3) is 0 Å². The summed E-state index contributed by atoms with van der Waals surface area (Å²) in [6, 6.07) is 1.59. The molecule has 0 amide bonds. The number of halogens is 1. The van der Waals surface area contributed by atoms with E-state index in [9.17, 15) is 8.42 Å². The average molecular weight is 376 g/mol. The van der Waals surface area contributed by atoms with Crippen molar-refractivity contribution in [2.75, 3.05) is 11.9 Å². The molecule has 5 nitrogen and oxygen atoms in total. The van der Waals surface area contributed by atoms with Crippen LogP contribution in [-0.2, 0) is 10.0 Å². The summed E-state index contributed by atoms with van der Waals surface area (Å²) in [4.78, 5) is 4.39. The SMILES string of the molecule is CCCNc1ncc(Br)cc1S(=O)(=O)NC(C)(C)C1CC1. The van der Waals surface area contributed by atoms with Gasteiger partial charge < -0.3 is 5.32 Å². The second kappa shape index (κ2) is 6.22. The standard InChI is InChI=1S/C14H22BrN3O2S/c1-4-7-16-13-12(8-11(15)9-17-13)21(19,20)18-14(2,3)10-5-6-10/h8-10,18H,4-7H2,1-3H3,(H,16,17). The molecule has 0 spiro atoms. The molecular weight excluding hydrogens is 354 g/mol. The van der Waals surface area contributed by atoms with Crippen molar-refractivity contribution in [2.45, 2.75) is 50.5 Å². The summed E-state index contributed by atoms with van der Waals surface area (Å²) in [6.45, 7) is 6.58. The monoisotopic (exact) mass is 375 g/mol. The molecule has 0 atom stereocenters. The third-order valence-electron chi connectivity index (χ3n) is 3.65. The summed E-state index contributed by atoms with van der Waals surface area (Å²) in [5.74, 6) is 0.818. The third kappa shape index (κ3) is 4.17. The van der Waals surface area contributed by atoms with Gasteiger partial charge in [0.15, 0.2) is 0 Å². The number of sulfonamides is 1. The minimum atomic E-state index is -3.61. The molecule has 1 aromatic rings. The van der Waals surface area contributed by atoms with Gasteiger partial charge in [-0.25, -0.2) is 18.1 Å². The second-order valence-corrected chi connectivity index (χ2v) is 8.60. The van der Waals surface area contributed by atoms with Gasteiger partial charge in [-0.05, 0) is 61.0 Å². The lowest BCUT2D eigenvalue weighted by molar-refractivity contribution is 0.400. The number of rotatable bonds is 7. The number of nitrogens with one attached hydrogen (secondary N) is 2. The first kappa shape index (κ1) is 16.7. The van der Waals surface area contributed by atoms with Crippen LogP contribution in [0.3, 0.4) is 0 Å². The van der Waals surface area contributed by atoms with E-state index < -0.39 is 15.6 Å². The smallest absolute Gasteiger partial charge is 0.244 e. The van der Waals surface area contributed by atoms with E-state index in [1.54, 1.807) is 12.3 Å². The van der Waals surface area contributed by atoms with E-state index in [4.69, 9.17) is 0 Å². The van der Waals surface area contributed by atoms with Crippen molar-refractivity contribution in [3.63, 3.8) is 0 Å². The van der Waals surface area contributed by atoms with E-state index in [1.165, 1.54) is 0 Å². The second-order valence-electron chi connectivity index (χ2n) is 6.03. The molecular formula is C14H22BrN3O2S. The van der Waals surface area contributed by atoms with Crippen LogP contribution in [0.15, 0.2) is 21.6 Å². The van der Waals surface area contributed by atoms with Gasteiger partial charge in [0.05, 0.1) is 0 Å². The highest BCUT2D eigenvalue weighted by molar-refractivity contribution is 9.10. The Morgan fingerprint density at radius 1 is 1.43 bits per heavy atom. The zero-order valence-corrected chi connectivity index (χ0v) is 15.0. The van der Waals surface area contributed by atoms with E-state index in [-0.39, 0.29) is 4.90 Å². The molecule has 0 unspecified atom stereocenters. The molecule has 1 fully saturated rings. The fourth-order valence-electron chi connectivity index (χ4n) is 2.29. The zero-order valence-electron chi connectivity index (χ0n) is 12.6. The maximum absolute atomic E-state index is 12.7. The van der Waals surface area contributed by atoms with Gasteiger partial charge in [0.1, 0.15) is 10.7 Å². The van der Waals surface area contributed by atoms with Crippen LogP contribution in [0.1, 0.15) is 40.0 Å². The van der Waals surface area contributed by atoms with Gasteiger partial charge in [0, 0.05) is 22.8 Å². The van der Waals surface area contributed by atoms with Gasteiger partial charge >= 0.3 is 0 Å². The maximum atomic E-state index is 12.7. The molecule has 1 aliphatic carbocycles. The van der Waals surface area contributed by atoms with Crippen molar-refractivity contribution in [1.82, 2.24) is 9.71 Å². The number of nitrogens with zero attached hydrogens (tertiary/aromatic N) is 1. The van der Waals surface area contributed by atoms with E-state index in [2.05, 4.69) is 31.0 Å². The summed E-state index contributed by atoms with van der Waals surface area (Å²) >= 11 is 3.30. The fourth-order valence-corrected chi connectivity index (χ4v) is 4.40. The van der Waals surface area contributed by atoms with E-state index in [1.807, 2.05) is 20.8 Å². The molecule has 0 radical (unpaired) electrons. The highest BCUT2D eigenvalue weighted by atomic mass is 79.9. The van der Waals surface area contributed by atoms with Gasteiger partial charge in [-0.1, -0.05) is 6.92 Å². The van der Waals surface area contributed by atoms with Crippen LogP contribution in [0, 0.1) is 5.92 Å². The van der Waals surface area contributed by atoms with Gasteiger partial charge in [-0.3, -0.25) is 0 Å². The molecule has 0 aliphatic heterocycles. The molecule has 2 rings (SSSR count). The van der Waals surface area contributed by atoms with Crippen molar-refractivity contribution in [1.29, 1.82) is 0 Å². The maximum Gasteiger partial charge on any atom is 0.244 e. The van der Waals surface area contributed by atoms with E-state index in [0.717, 1.165) is 19.3 Å². The van der Waals surface area contributed by atoms with Crippen molar-refractivity contribution >= 4 is 31.8 Å². The van der Waals surface area contributed by atoms with E-state index >= 15 is 0 Å². The Morgan fingerprint density at radius 3 is 2.67 bits per heavy atom. The first-order valence-electron chi connectivity index (χ1n) is 7.19. The molecule has 1 saturated carbocycles.